The molecule has 0 saturated carbocycles. The first-order valence-corrected chi connectivity index (χ1v) is 4.20. The molecule has 0 aromatic heterocycles. The molecule has 0 amide bonds. The lowest BCUT2D eigenvalue weighted by atomic mass is 9.99. The van der Waals surface area contributed by atoms with Gasteiger partial charge in [-0.25, -0.2) is 0 Å². The van der Waals surface area contributed by atoms with E-state index in [1.165, 1.54) is 19.4 Å². The van der Waals surface area contributed by atoms with Gasteiger partial charge in [-0.3, -0.25) is 0 Å². The van der Waals surface area contributed by atoms with Gasteiger partial charge in [-0.1, -0.05) is 6.92 Å². The third-order valence-electron chi connectivity index (χ3n) is 2.31. The summed E-state index contributed by atoms with van der Waals surface area (Å²) in [5, 5.41) is 8.88. The second kappa shape index (κ2) is 3.94. The Hall–Kier alpha value is -0.0800. The van der Waals surface area contributed by atoms with Crippen LogP contribution in [0.15, 0.2) is 0 Å². The van der Waals surface area contributed by atoms with Gasteiger partial charge in [0.05, 0.1) is 0 Å². The molecule has 2 nitrogen and oxygen atoms in total. The average Bonchev–Trinajstić information content (AvgIpc) is 2.05. The molecule has 0 spiro atoms. The number of aliphatic hydroxyl groups excluding tert-OH is 1. The zero-order chi connectivity index (χ0) is 7.40. The van der Waals surface area contributed by atoms with E-state index in [9.17, 15) is 0 Å². The van der Waals surface area contributed by atoms with Gasteiger partial charge in [-0.2, -0.15) is 0 Å². The van der Waals surface area contributed by atoms with Crippen LogP contribution in [0.1, 0.15) is 19.8 Å². The summed E-state index contributed by atoms with van der Waals surface area (Å²) in [7, 11) is 0. The second-order valence-corrected chi connectivity index (χ2v) is 3.08. The van der Waals surface area contributed by atoms with E-state index < -0.39 is 0 Å². The molecule has 0 bridgehead atoms. The third kappa shape index (κ3) is 1.96. The van der Waals surface area contributed by atoms with Gasteiger partial charge in [-0.05, 0) is 31.8 Å². The molecule has 1 aliphatic heterocycles. The number of likely N-dealkylation sites (tertiary alicyclic amines) is 1. The summed E-state index contributed by atoms with van der Waals surface area (Å²) < 4.78 is 0. The molecule has 0 aromatic carbocycles. The summed E-state index contributed by atoms with van der Waals surface area (Å²) in [4.78, 5) is 2.41. The Bertz CT molecular complexity index is 85.3. The molecule has 60 valence electrons. The average molecular weight is 143 g/mol. The molecule has 0 unspecified atom stereocenters. The Balaban J connectivity index is 2.25. The number of hydrogen-bond acceptors (Lipinski definition) is 2. The fourth-order valence-corrected chi connectivity index (χ4v) is 1.59. The maximum atomic E-state index is 8.88. The Labute approximate surface area is 62.8 Å². The SMILES string of the molecule is CCN1CCC[C@@H](CO)C1. The van der Waals surface area contributed by atoms with Crippen LogP contribution < -0.4 is 0 Å². The van der Waals surface area contributed by atoms with Crippen LogP contribution in [-0.2, 0) is 0 Å². The number of aliphatic hydroxyl groups is 1. The Morgan fingerprint density at radius 2 is 2.40 bits per heavy atom. The van der Waals surface area contributed by atoms with Gasteiger partial charge in [0.25, 0.3) is 0 Å². The molecule has 0 radical (unpaired) electrons. The summed E-state index contributed by atoms with van der Waals surface area (Å²) in [5.41, 5.74) is 0. The van der Waals surface area contributed by atoms with Crippen LogP contribution in [0.5, 0.6) is 0 Å². The number of nitrogens with zero attached hydrogens (tertiary/aromatic N) is 1. The van der Waals surface area contributed by atoms with Crippen LogP contribution >= 0.6 is 0 Å². The second-order valence-electron chi connectivity index (χ2n) is 3.08. The fourth-order valence-electron chi connectivity index (χ4n) is 1.59. The molecule has 1 fully saturated rings. The number of piperidine rings is 1. The van der Waals surface area contributed by atoms with E-state index in [-0.39, 0.29) is 0 Å². The third-order valence-corrected chi connectivity index (χ3v) is 2.31. The van der Waals surface area contributed by atoms with Crippen molar-refractivity contribution >= 4 is 0 Å². The summed E-state index contributed by atoms with van der Waals surface area (Å²) in [6, 6.07) is 0. The predicted octanol–water partition coefficient (Wildman–Crippen LogP) is 0.711. The van der Waals surface area contributed by atoms with E-state index in [0.717, 1.165) is 13.1 Å². The molecule has 1 rings (SSSR count). The molecular weight excluding hydrogens is 126 g/mol. The zero-order valence-electron chi connectivity index (χ0n) is 6.71. The van der Waals surface area contributed by atoms with E-state index in [2.05, 4.69) is 11.8 Å². The minimum Gasteiger partial charge on any atom is -0.396 e. The number of rotatable bonds is 2. The first-order valence-electron chi connectivity index (χ1n) is 4.20. The Morgan fingerprint density at radius 3 is 3.00 bits per heavy atom. The first kappa shape index (κ1) is 8.02. The highest BCUT2D eigenvalue weighted by Crippen LogP contribution is 2.14. The van der Waals surface area contributed by atoms with E-state index in [1.54, 1.807) is 0 Å². The lowest BCUT2D eigenvalue weighted by molar-refractivity contribution is 0.125. The van der Waals surface area contributed by atoms with Crippen LogP contribution in [0.3, 0.4) is 0 Å². The zero-order valence-corrected chi connectivity index (χ0v) is 6.71. The molecule has 1 heterocycles. The number of hydrogen-bond donors (Lipinski definition) is 1. The van der Waals surface area contributed by atoms with Crippen molar-refractivity contribution < 1.29 is 5.11 Å². The van der Waals surface area contributed by atoms with Crippen molar-refractivity contribution in [3.05, 3.63) is 0 Å². The van der Waals surface area contributed by atoms with Gasteiger partial charge in [0.2, 0.25) is 0 Å². The molecule has 1 N–H and O–H groups in total. The van der Waals surface area contributed by atoms with Crippen molar-refractivity contribution in [3.63, 3.8) is 0 Å². The molecular formula is C8H17NO. The largest absolute Gasteiger partial charge is 0.396 e. The first-order chi connectivity index (χ1) is 4.86. The van der Waals surface area contributed by atoms with E-state index in [0.29, 0.717) is 12.5 Å². The van der Waals surface area contributed by atoms with Crippen molar-refractivity contribution in [1.29, 1.82) is 0 Å². The van der Waals surface area contributed by atoms with Crippen molar-refractivity contribution in [2.45, 2.75) is 19.8 Å². The van der Waals surface area contributed by atoms with Gasteiger partial charge < -0.3 is 10.0 Å². The monoisotopic (exact) mass is 143 g/mol. The summed E-state index contributed by atoms with van der Waals surface area (Å²) in [6.45, 7) is 6.02. The Morgan fingerprint density at radius 1 is 1.60 bits per heavy atom. The van der Waals surface area contributed by atoms with Gasteiger partial charge in [0.1, 0.15) is 0 Å². The highest BCUT2D eigenvalue weighted by molar-refractivity contribution is 4.70. The maximum absolute atomic E-state index is 8.88. The van der Waals surface area contributed by atoms with Crippen molar-refractivity contribution in [1.82, 2.24) is 4.90 Å². The molecule has 10 heavy (non-hydrogen) atoms. The quantitative estimate of drug-likeness (QED) is 0.615. The fraction of sp³-hybridized carbons (Fsp3) is 1.00. The molecule has 0 aromatic rings. The van der Waals surface area contributed by atoms with Gasteiger partial charge >= 0.3 is 0 Å². The predicted molar refractivity (Wildman–Crippen MR) is 41.9 cm³/mol. The molecule has 1 atom stereocenters. The highest BCUT2D eigenvalue weighted by Gasteiger charge is 2.16. The lowest BCUT2D eigenvalue weighted by Gasteiger charge is -2.30. The van der Waals surface area contributed by atoms with Gasteiger partial charge in [0.15, 0.2) is 0 Å². The van der Waals surface area contributed by atoms with Crippen molar-refractivity contribution in [2.24, 2.45) is 5.92 Å². The van der Waals surface area contributed by atoms with Crippen molar-refractivity contribution in [3.8, 4) is 0 Å². The minimum atomic E-state index is 0.372. The van der Waals surface area contributed by atoms with Crippen LogP contribution in [0.25, 0.3) is 0 Å². The summed E-state index contributed by atoms with van der Waals surface area (Å²) in [5.74, 6) is 0.550. The van der Waals surface area contributed by atoms with E-state index in [4.69, 9.17) is 5.11 Å². The van der Waals surface area contributed by atoms with E-state index >= 15 is 0 Å². The highest BCUT2D eigenvalue weighted by atomic mass is 16.3. The Kier molecular flexibility index (Phi) is 3.16. The van der Waals surface area contributed by atoms with E-state index in [1.807, 2.05) is 0 Å². The van der Waals surface area contributed by atoms with Crippen LogP contribution in [-0.4, -0.2) is 36.2 Å². The molecule has 2 heteroatoms. The van der Waals surface area contributed by atoms with Crippen LogP contribution in [0.2, 0.25) is 0 Å². The molecule has 1 saturated heterocycles. The van der Waals surface area contributed by atoms with Gasteiger partial charge in [0, 0.05) is 13.2 Å². The van der Waals surface area contributed by atoms with Crippen LogP contribution in [0, 0.1) is 5.92 Å². The molecule has 1 aliphatic rings. The minimum absolute atomic E-state index is 0.372. The lowest BCUT2D eigenvalue weighted by Crippen LogP contribution is -2.36. The smallest absolute Gasteiger partial charge is 0.0471 e. The normalized spacial score (nSPS) is 28.8. The summed E-state index contributed by atoms with van der Waals surface area (Å²) >= 11 is 0. The standard InChI is InChI=1S/C8H17NO/c1-2-9-5-3-4-8(6-9)7-10/h8,10H,2-7H2,1H3/t8-/m1/s1. The van der Waals surface area contributed by atoms with Gasteiger partial charge in [-0.15, -0.1) is 0 Å². The topological polar surface area (TPSA) is 23.5 Å². The maximum Gasteiger partial charge on any atom is 0.0471 e. The van der Waals surface area contributed by atoms with Crippen LogP contribution in [0.4, 0.5) is 0 Å². The molecule has 0 aliphatic carbocycles. The van der Waals surface area contributed by atoms with Crippen molar-refractivity contribution in [2.75, 3.05) is 26.2 Å². The summed E-state index contributed by atoms with van der Waals surface area (Å²) in [6.07, 6.45) is 2.48.